The van der Waals surface area contributed by atoms with Crippen molar-refractivity contribution in [2.75, 3.05) is 40.4 Å². The summed E-state index contributed by atoms with van der Waals surface area (Å²) in [5.41, 5.74) is 0. The van der Waals surface area contributed by atoms with Gasteiger partial charge in [-0.25, -0.2) is 0 Å². The number of hydrogen-bond acceptors (Lipinski definition) is 2. The molecule has 21 heavy (non-hydrogen) atoms. The number of nitrogens with one attached hydrogen (secondary N) is 1. The van der Waals surface area contributed by atoms with Crippen molar-refractivity contribution in [2.45, 2.75) is 39.0 Å². The second-order valence-corrected chi connectivity index (χ2v) is 6.66. The normalized spacial score (nSPS) is 29.9. The lowest BCUT2D eigenvalue weighted by Crippen LogP contribution is -2.43. The van der Waals surface area contributed by atoms with Gasteiger partial charge in [-0.15, -0.1) is 24.0 Å². The summed E-state index contributed by atoms with van der Waals surface area (Å²) in [5, 5.41) is 3.56. The van der Waals surface area contributed by atoms with Crippen LogP contribution in [0.1, 0.15) is 39.0 Å². The van der Waals surface area contributed by atoms with E-state index in [1.807, 2.05) is 7.05 Å². The smallest absolute Gasteiger partial charge is 0.193 e. The van der Waals surface area contributed by atoms with Gasteiger partial charge in [-0.1, -0.05) is 19.8 Å². The summed E-state index contributed by atoms with van der Waals surface area (Å²) in [6.45, 7) is 6.32. The van der Waals surface area contributed by atoms with Crippen molar-refractivity contribution < 1.29 is 4.74 Å². The van der Waals surface area contributed by atoms with Gasteiger partial charge in [-0.3, -0.25) is 4.99 Å². The van der Waals surface area contributed by atoms with E-state index >= 15 is 0 Å². The number of halogens is 1. The van der Waals surface area contributed by atoms with Crippen molar-refractivity contribution in [3.05, 3.63) is 0 Å². The molecule has 1 heterocycles. The van der Waals surface area contributed by atoms with Crippen LogP contribution in [-0.4, -0.2) is 51.3 Å². The average molecular weight is 409 g/mol. The topological polar surface area (TPSA) is 36.9 Å². The summed E-state index contributed by atoms with van der Waals surface area (Å²) in [6.07, 6.45) is 6.69. The van der Waals surface area contributed by atoms with E-state index < -0.39 is 0 Å². The van der Waals surface area contributed by atoms with Crippen molar-refractivity contribution in [1.82, 2.24) is 10.2 Å². The van der Waals surface area contributed by atoms with Crippen molar-refractivity contribution >= 4 is 29.9 Å². The second kappa shape index (κ2) is 9.87. The minimum Gasteiger partial charge on any atom is -0.381 e. The van der Waals surface area contributed by atoms with E-state index in [2.05, 4.69) is 29.2 Å². The Balaban J connectivity index is 0.00000220. The lowest BCUT2D eigenvalue weighted by Gasteiger charge is -2.29. The summed E-state index contributed by atoms with van der Waals surface area (Å²) in [5.74, 6) is 3.45. The summed E-state index contributed by atoms with van der Waals surface area (Å²) < 4.78 is 5.45. The van der Waals surface area contributed by atoms with Gasteiger partial charge in [0.15, 0.2) is 5.96 Å². The lowest BCUT2D eigenvalue weighted by molar-refractivity contribution is 0.181. The highest BCUT2D eigenvalue weighted by molar-refractivity contribution is 14.0. The van der Waals surface area contributed by atoms with E-state index in [9.17, 15) is 0 Å². The third-order valence-corrected chi connectivity index (χ3v) is 4.81. The van der Waals surface area contributed by atoms with Crippen LogP contribution in [0.25, 0.3) is 0 Å². The molecular weight excluding hydrogens is 377 g/mol. The molecule has 0 aromatic heterocycles. The zero-order valence-electron chi connectivity index (χ0n) is 13.8. The molecule has 5 heteroatoms. The van der Waals surface area contributed by atoms with Crippen molar-refractivity contribution in [3.63, 3.8) is 0 Å². The third kappa shape index (κ3) is 6.30. The number of ether oxygens (including phenoxy) is 1. The molecule has 1 aliphatic carbocycles. The maximum Gasteiger partial charge on any atom is 0.193 e. The van der Waals surface area contributed by atoms with E-state index in [4.69, 9.17) is 4.74 Å². The van der Waals surface area contributed by atoms with Gasteiger partial charge in [0.1, 0.15) is 0 Å². The van der Waals surface area contributed by atoms with Crippen molar-refractivity contribution in [3.8, 4) is 0 Å². The molecule has 1 saturated carbocycles. The number of nitrogens with zero attached hydrogens (tertiary/aromatic N) is 2. The molecule has 0 aromatic rings. The highest BCUT2D eigenvalue weighted by Gasteiger charge is 2.21. The van der Waals surface area contributed by atoms with Crippen molar-refractivity contribution in [2.24, 2.45) is 22.7 Å². The highest BCUT2D eigenvalue weighted by atomic mass is 127. The molecule has 0 radical (unpaired) electrons. The van der Waals surface area contributed by atoms with Gasteiger partial charge in [-0.2, -0.15) is 0 Å². The van der Waals surface area contributed by atoms with Crippen LogP contribution in [0.5, 0.6) is 0 Å². The van der Waals surface area contributed by atoms with Crippen LogP contribution in [0.15, 0.2) is 4.99 Å². The molecule has 2 fully saturated rings. The zero-order valence-corrected chi connectivity index (χ0v) is 16.1. The largest absolute Gasteiger partial charge is 0.381 e. The first-order chi connectivity index (χ1) is 9.69. The Kier molecular flexibility index (Phi) is 8.94. The zero-order chi connectivity index (χ0) is 14.4. The average Bonchev–Trinajstić information content (AvgIpc) is 2.94. The molecule has 124 valence electrons. The van der Waals surface area contributed by atoms with Crippen LogP contribution in [0.3, 0.4) is 0 Å². The Hall–Kier alpha value is -0.0400. The van der Waals surface area contributed by atoms with E-state index in [-0.39, 0.29) is 24.0 Å². The van der Waals surface area contributed by atoms with Gasteiger partial charge in [0.05, 0.1) is 6.61 Å². The molecule has 1 atom stereocenters. The van der Waals surface area contributed by atoms with E-state index in [1.165, 1.54) is 32.1 Å². The van der Waals surface area contributed by atoms with E-state index in [0.717, 1.165) is 44.1 Å². The van der Waals surface area contributed by atoms with Crippen molar-refractivity contribution in [1.29, 1.82) is 0 Å². The summed E-state index contributed by atoms with van der Waals surface area (Å²) in [6, 6.07) is 0. The van der Waals surface area contributed by atoms with E-state index in [0.29, 0.717) is 5.92 Å². The molecule has 0 aromatic carbocycles. The van der Waals surface area contributed by atoms with E-state index in [1.54, 1.807) is 0 Å². The molecule has 1 N–H and O–H groups in total. The Labute approximate surface area is 147 Å². The van der Waals surface area contributed by atoms with Crippen LogP contribution >= 0.6 is 24.0 Å². The Morgan fingerprint density at radius 2 is 1.90 bits per heavy atom. The van der Waals surface area contributed by atoms with Gasteiger partial charge >= 0.3 is 0 Å². The number of guanidine groups is 1. The van der Waals surface area contributed by atoms with Gasteiger partial charge in [0.2, 0.25) is 0 Å². The quantitative estimate of drug-likeness (QED) is 0.441. The summed E-state index contributed by atoms with van der Waals surface area (Å²) >= 11 is 0. The molecule has 0 bridgehead atoms. The maximum atomic E-state index is 5.45. The molecule has 0 amide bonds. The predicted molar refractivity (Wildman–Crippen MR) is 99.5 cm³/mol. The molecule has 1 unspecified atom stereocenters. The fourth-order valence-electron chi connectivity index (χ4n) is 3.35. The fourth-order valence-corrected chi connectivity index (χ4v) is 3.35. The first-order valence-electron chi connectivity index (χ1n) is 8.18. The molecule has 1 aliphatic heterocycles. The molecule has 4 nitrogen and oxygen atoms in total. The van der Waals surface area contributed by atoms with Crippen LogP contribution in [-0.2, 0) is 4.74 Å². The SMILES string of the molecule is CN=C(NCC1CCC(C)CC1)N(C)CC1CCOC1.I. The van der Waals surface area contributed by atoms with Crippen LogP contribution in [0.2, 0.25) is 0 Å². The Bertz CT molecular complexity index is 311. The number of hydrogen-bond donors (Lipinski definition) is 1. The van der Waals surface area contributed by atoms with Gasteiger partial charge in [0.25, 0.3) is 0 Å². The summed E-state index contributed by atoms with van der Waals surface area (Å²) in [7, 11) is 4.02. The second-order valence-electron chi connectivity index (χ2n) is 6.66. The minimum absolute atomic E-state index is 0. The number of aliphatic imine (C=N–C) groups is 1. The predicted octanol–water partition coefficient (Wildman–Crippen LogP) is 2.97. The Morgan fingerprint density at radius 3 is 2.48 bits per heavy atom. The van der Waals surface area contributed by atoms with Gasteiger partial charge < -0.3 is 15.0 Å². The monoisotopic (exact) mass is 409 g/mol. The first-order valence-corrected chi connectivity index (χ1v) is 8.18. The standard InChI is InChI=1S/C16H31N3O.HI/c1-13-4-6-14(7-5-13)10-18-16(17-2)19(3)11-15-8-9-20-12-15;/h13-15H,4-12H2,1-3H3,(H,17,18);1H. The summed E-state index contributed by atoms with van der Waals surface area (Å²) in [4.78, 5) is 6.67. The number of rotatable bonds is 4. The van der Waals surface area contributed by atoms with Crippen LogP contribution < -0.4 is 5.32 Å². The third-order valence-electron chi connectivity index (χ3n) is 4.81. The lowest BCUT2D eigenvalue weighted by atomic mass is 9.83. The molecule has 2 aliphatic rings. The minimum atomic E-state index is 0. The fraction of sp³-hybridized carbons (Fsp3) is 0.938. The molecule has 0 spiro atoms. The van der Waals surface area contributed by atoms with Gasteiger partial charge in [0, 0.05) is 39.7 Å². The van der Waals surface area contributed by atoms with Gasteiger partial charge in [-0.05, 0) is 31.1 Å². The first kappa shape index (κ1) is 19.0. The molecular formula is C16H32IN3O. The van der Waals surface area contributed by atoms with Crippen LogP contribution in [0.4, 0.5) is 0 Å². The highest BCUT2D eigenvalue weighted by Crippen LogP contribution is 2.27. The Morgan fingerprint density at radius 1 is 1.19 bits per heavy atom. The maximum absolute atomic E-state index is 5.45. The van der Waals surface area contributed by atoms with Crippen LogP contribution in [0, 0.1) is 17.8 Å². The molecule has 2 rings (SSSR count). The molecule has 1 saturated heterocycles.